The summed E-state index contributed by atoms with van der Waals surface area (Å²) in [7, 11) is 1.47. The normalized spacial score (nSPS) is 16.5. The maximum Gasteiger partial charge on any atom is 0.332 e. The number of carbonyl (C=O) groups excluding carboxylic acids is 1. The van der Waals surface area contributed by atoms with E-state index in [9.17, 15) is 18.8 Å². The number of halogens is 2. The first kappa shape index (κ1) is 22.1. The van der Waals surface area contributed by atoms with E-state index < -0.39 is 5.82 Å². The zero-order chi connectivity index (χ0) is 21.8. The van der Waals surface area contributed by atoms with E-state index in [2.05, 4.69) is 5.32 Å². The first-order chi connectivity index (χ1) is 14.3. The lowest BCUT2D eigenvalue weighted by molar-refractivity contribution is -0.125. The number of piperidine rings is 1. The third-order valence-corrected chi connectivity index (χ3v) is 5.76. The number of hydrogen-bond acceptors (Lipinski definition) is 4. The lowest BCUT2D eigenvalue weighted by Gasteiger charge is -2.35. The van der Waals surface area contributed by atoms with E-state index in [1.54, 1.807) is 10.6 Å². The van der Waals surface area contributed by atoms with Crippen molar-refractivity contribution in [3.63, 3.8) is 0 Å². The fourth-order valence-corrected chi connectivity index (χ4v) is 3.98. The molecule has 0 radical (unpaired) electrons. The summed E-state index contributed by atoms with van der Waals surface area (Å²) in [5, 5.41) is 3.13. The van der Waals surface area contributed by atoms with Crippen molar-refractivity contribution in [1.29, 1.82) is 0 Å². The van der Waals surface area contributed by atoms with E-state index in [1.807, 2.05) is 11.8 Å². The topological polar surface area (TPSA) is 76.3 Å². The fourth-order valence-electron chi connectivity index (χ4n) is 3.75. The molecular weight excluding hydrogens is 411 g/mol. The highest BCUT2D eigenvalue weighted by atomic mass is 35.5. The number of hydrogen-bond donors (Lipinski definition) is 1. The van der Waals surface area contributed by atoms with E-state index in [1.165, 1.54) is 25.2 Å². The second kappa shape index (κ2) is 9.47. The van der Waals surface area contributed by atoms with Gasteiger partial charge in [0, 0.05) is 44.3 Å². The number of carbonyl (C=O) groups is 1. The van der Waals surface area contributed by atoms with Crippen LogP contribution in [-0.2, 0) is 24.9 Å². The SMILES string of the molecule is CCCn1c(N2CCCC(C(=O)NCc3ccc(F)cc3Cl)C2)cc(=O)n(C)c1=O. The van der Waals surface area contributed by atoms with Crippen molar-refractivity contribution in [2.45, 2.75) is 39.3 Å². The average molecular weight is 437 g/mol. The zero-order valence-electron chi connectivity index (χ0n) is 17.2. The van der Waals surface area contributed by atoms with Crippen LogP contribution in [0.3, 0.4) is 0 Å². The minimum absolute atomic E-state index is 0.131. The molecule has 1 fully saturated rings. The quantitative estimate of drug-likeness (QED) is 0.753. The van der Waals surface area contributed by atoms with Crippen LogP contribution < -0.4 is 21.5 Å². The van der Waals surface area contributed by atoms with Crippen LogP contribution >= 0.6 is 11.6 Å². The van der Waals surface area contributed by atoms with Gasteiger partial charge in [-0.1, -0.05) is 24.6 Å². The van der Waals surface area contributed by atoms with Crippen LogP contribution in [-0.4, -0.2) is 28.1 Å². The summed E-state index contributed by atoms with van der Waals surface area (Å²) < 4.78 is 15.9. The molecule has 9 heteroatoms. The predicted molar refractivity (Wildman–Crippen MR) is 114 cm³/mol. The van der Waals surface area contributed by atoms with E-state index in [0.29, 0.717) is 37.4 Å². The first-order valence-corrected chi connectivity index (χ1v) is 10.5. The summed E-state index contributed by atoms with van der Waals surface area (Å²) in [4.78, 5) is 39.4. The van der Waals surface area contributed by atoms with Crippen molar-refractivity contribution in [2.24, 2.45) is 13.0 Å². The van der Waals surface area contributed by atoms with Crippen molar-refractivity contribution < 1.29 is 9.18 Å². The van der Waals surface area contributed by atoms with Crippen molar-refractivity contribution in [3.05, 3.63) is 61.5 Å². The summed E-state index contributed by atoms with van der Waals surface area (Å²) in [5.41, 5.74) is -0.0702. The van der Waals surface area contributed by atoms with Crippen LogP contribution in [0.2, 0.25) is 5.02 Å². The largest absolute Gasteiger partial charge is 0.357 e. The molecule has 1 amide bonds. The summed E-state index contributed by atoms with van der Waals surface area (Å²) >= 11 is 6.03. The summed E-state index contributed by atoms with van der Waals surface area (Å²) in [6.45, 7) is 3.76. The summed E-state index contributed by atoms with van der Waals surface area (Å²) in [6, 6.07) is 5.54. The van der Waals surface area contributed by atoms with Crippen LogP contribution in [0.5, 0.6) is 0 Å². The van der Waals surface area contributed by atoms with Gasteiger partial charge in [-0.3, -0.25) is 18.7 Å². The van der Waals surface area contributed by atoms with Crippen molar-refractivity contribution in [3.8, 4) is 0 Å². The van der Waals surface area contributed by atoms with Gasteiger partial charge in [-0.25, -0.2) is 9.18 Å². The third-order valence-electron chi connectivity index (χ3n) is 5.41. The molecule has 3 rings (SSSR count). The first-order valence-electron chi connectivity index (χ1n) is 10.1. The second-order valence-corrected chi connectivity index (χ2v) is 7.98. The van der Waals surface area contributed by atoms with E-state index in [0.717, 1.165) is 17.4 Å². The number of nitrogens with one attached hydrogen (secondary N) is 1. The molecule has 1 saturated heterocycles. The number of aromatic nitrogens is 2. The smallest absolute Gasteiger partial charge is 0.332 e. The number of amides is 1. The molecule has 0 spiro atoms. The van der Waals surface area contributed by atoms with Gasteiger partial charge in [0.1, 0.15) is 11.6 Å². The molecule has 1 unspecified atom stereocenters. The van der Waals surface area contributed by atoms with Crippen molar-refractivity contribution in [2.75, 3.05) is 18.0 Å². The Labute approximate surface area is 179 Å². The molecule has 1 aliphatic heterocycles. The van der Waals surface area contributed by atoms with Crippen LogP contribution in [0.15, 0.2) is 33.9 Å². The molecular formula is C21H26ClFN4O3. The van der Waals surface area contributed by atoms with Gasteiger partial charge in [0.15, 0.2) is 0 Å². The predicted octanol–water partition coefficient (Wildman–Crippen LogP) is 2.28. The van der Waals surface area contributed by atoms with Crippen molar-refractivity contribution in [1.82, 2.24) is 14.5 Å². The molecule has 0 bridgehead atoms. The maximum atomic E-state index is 13.2. The number of anilines is 1. The molecule has 162 valence electrons. The van der Waals surface area contributed by atoms with Gasteiger partial charge in [-0.05, 0) is 37.0 Å². The van der Waals surface area contributed by atoms with Gasteiger partial charge in [-0.15, -0.1) is 0 Å². The standard InChI is InChI=1S/C21H26ClFN4O3/c1-3-8-27-18(11-19(28)25(2)21(27)30)26-9-4-5-15(13-26)20(29)24-12-14-6-7-16(23)10-17(14)22/h6-7,10-11,15H,3-5,8-9,12-13H2,1-2H3,(H,24,29). The molecule has 1 aromatic heterocycles. The monoisotopic (exact) mass is 436 g/mol. The van der Waals surface area contributed by atoms with Gasteiger partial charge in [0.25, 0.3) is 5.56 Å². The molecule has 1 atom stereocenters. The van der Waals surface area contributed by atoms with Crippen molar-refractivity contribution >= 4 is 23.3 Å². The van der Waals surface area contributed by atoms with E-state index in [-0.39, 0.29) is 34.6 Å². The lowest BCUT2D eigenvalue weighted by Crippen LogP contribution is -2.47. The highest BCUT2D eigenvalue weighted by Gasteiger charge is 2.28. The fraction of sp³-hybridized carbons (Fsp3) is 0.476. The molecule has 1 aromatic carbocycles. The lowest BCUT2D eigenvalue weighted by atomic mass is 9.97. The molecule has 2 aromatic rings. The Morgan fingerprint density at radius 3 is 2.77 bits per heavy atom. The van der Waals surface area contributed by atoms with Crippen LogP contribution in [0.4, 0.5) is 10.2 Å². The molecule has 1 aliphatic rings. The second-order valence-electron chi connectivity index (χ2n) is 7.57. The van der Waals surface area contributed by atoms with Gasteiger partial charge < -0.3 is 10.2 Å². The molecule has 0 aliphatic carbocycles. The molecule has 1 N–H and O–H groups in total. The van der Waals surface area contributed by atoms with Crippen LogP contribution in [0, 0.1) is 11.7 Å². The minimum atomic E-state index is -0.426. The Bertz CT molecular complexity index is 1050. The van der Waals surface area contributed by atoms with Gasteiger partial charge in [0.2, 0.25) is 5.91 Å². The van der Waals surface area contributed by atoms with Crippen LogP contribution in [0.25, 0.3) is 0 Å². The maximum absolute atomic E-state index is 13.2. The van der Waals surface area contributed by atoms with Gasteiger partial charge in [-0.2, -0.15) is 0 Å². The van der Waals surface area contributed by atoms with E-state index >= 15 is 0 Å². The number of nitrogens with zero attached hydrogens (tertiary/aromatic N) is 3. The van der Waals surface area contributed by atoms with E-state index in [4.69, 9.17) is 11.6 Å². The summed E-state index contributed by atoms with van der Waals surface area (Å²) in [6.07, 6.45) is 2.23. The van der Waals surface area contributed by atoms with Gasteiger partial charge >= 0.3 is 5.69 Å². The Kier molecular flexibility index (Phi) is 6.97. The Hall–Kier alpha value is -2.61. The average Bonchev–Trinajstić information content (AvgIpc) is 2.73. The third kappa shape index (κ3) is 4.75. The molecule has 30 heavy (non-hydrogen) atoms. The highest BCUT2D eigenvalue weighted by Crippen LogP contribution is 2.23. The zero-order valence-corrected chi connectivity index (χ0v) is 17.9. The summed E-state index contributed by atoms with van der Waals surface area (Å²) in [5.74, 6) is -0.283. The molecule has 0 saturated carbocycles. The Balaban J connectivity index is 1.74. The Morgan fingerprint density at radius 1 is 1.30 bits per heavy atom. The van der Waals surface area contributed by atoms with Crippen LogP contribution in [0.1, 0.15) is 31.7 Å². The van der Waals surface area contributed by atoms with Gasteiger partial charge in [0.05, 0.1) is 5.92 Å². The molecule has 7 nitrogen and oxygen atoms in total. The Morgan fingerprint density at radius 2 is 2.07 bits per heavy atom. The highest BCUT2D eigenvalue weighted by molar-refractivity contribution is 6.31. The number of rotatable bonds is 6. The number of benzene rings is 1. The molecule has 2 heterocycles. The minimum Gasteiger partial charge on any atom is -0.357 e.